The number of hydrogen-bond donors (Lipinski definition) is 4. The van der Waals surface area contributed by atoms with E-state index in [4.69, 9.17) is 65.7 Å². The fraction of sp³-hybridized carbons (Fsp3) is 0.0921. The lowest BCUT2D eigenvalue weighted by molar-refractivity contribution is -0.385. The van der Waals surface area contributed by atoms with Crippen molar-refractivity contribution in [2.24, 2.45) is 0 Å². The Morgan fingerprint density at radius 2 is 0.710 bits per heavy atom. The van der Waals surface area contributed by atoms with E-state index < -0.39 is 50.8 Å². The van der Waals surface area contributed by atoms with Crippen molar-refractivity contribution in [3.8, 4) is 70.3 Å². The number of pyridine rings is 2. The van der Waals surface area contributed by atoms with Gasteiger partial charge in [0.15, 0.2) is 0 Å². The number of phenols is 1. The molecule has 2 heterocycles. The van der Waals surface area contributed by atoms with Crippen molar-refractivity contribution >= 4 is 75.5 Å². The number of esters is 3. The standard InChI is InChI=1S/C22H16N4O6.C20H14N4O5.C17H12ClNO4.C17H13NO5/c1-14(27)32-20-9-17(22(28)25-21-7-6-18(12-24-21)26(29)30)8-19(10-20)31-13-16-5-3-2-4-15(16)11-23;21-10-13-3-1-2-4-14(13)12-29-18-8-15(7-17(25)9-18)20(26)23-19-6-5-16(11-22-19)24(27)28;1-11(20)23-16-7-14(17(18)21)6-15(8-16)22-10-13-5-3-2-4-12(13)9-19;1-11(19)23-16-7-14(17(20)21)6-15(8-16)22-10-13-5-3-2-4-12(13)9-18/h2-10,12H,13H2,1H3,(H,24,25,28);1-9,11,25H,12H2,(H,22,23,26);2-8H,10H2,1H3;2-8H,10H2,1H3,(H,20,21). The second-order valence-corrected chi connectivity index (χ2v) is 22.0. The Morgan fingerprint density at radius 1 is 0.421 bits per heavy atom. The van der Waals surface area contributed by atoms with Gasteiger partial charge in [-0.1, -0.05) is 72.8 Å². The molecule has 536 valence electrons. The van der Waals surface area contributed by atoms with Crippen molar-refractivity contribution in [1.29, 1.82) is 21.0 Å². The van der Waals surface area contributed by atoms with Gasteiger partial charge in [-0.05, 0) is 96.5 Å². The van der Waals surface area contributed by atoms with Crippen molar-refractivity contribution in [3.05, 3.63) is 294 Å². The van der Waals surface area contributed by atoms with Crippen molar-refractivity contribution in [2.45, 2.75) is 47.2 Å². The van der Waals surface area contributed by atoms with Gasteiger partial charge in [-0.25, -0.2) is 14.8 Å². The van der Waals surface area contributed by atoms with E-state index in [1.54, 1.807) is 97.1 Å². The van der Waals surface area contributed by atoms with Gasteiger partial charge in [0.1, 0.15) is 96.5 Å². The number of hydrogen-bond acceptors (Lipinski definition) is 25. The van der Waals surface area contributed by atoms with Gasteiger partial charge in [-0.15, -0.1) is 0 Å². The molecule has 0 saturated heterocycles. The lowest BCUT2D eigenvalue weighted by Crippen LogP contribution is -2.14. The molecule has 8 aromatic carbocycles. The lowest BCUT2D eigenvalue weighted by atomic mass is 10.1. The van der Waals surface area contributed by atoms with Crippen LogP contribution < -0.4 is 43.8 Å². The molecule has 0 bridgehead atoms. The topological polar surface area (TPSA) is 456 Å². The summed E-state index contributed by atoms with van der Waals surface area (Å²) in [6.45, 7) is 4.04. The van der Waals surface area contributed by atoms with Crippen LogP contribution in [0.25, 0.3) is 0 Å². The van der Waals surface area contributed by atoms with Crippen LogP contribution in [-0.4, -0.2) is 71.0 Å². The molecule has 2 amide bonds. The van der Waals surface area contributed by atoms with E-state index in [1.165, 1.54) is 118 Å². The third-order valence-electron chi connectivity index (χ3n) is 13.8. The molecular weight excluding hydrogens is 1410 g/mol. The van der Waals surface area contributed by atoms with E-state index in [0.29, 0.717) is 50.3 Å². The molecule has 0 unspecified atom stereocenters. The summed E-state index contributed by atoms with van der Waals surface area (Å²) < 4.78 is 37.4. The number of amides is 2. The maximum atomic E-state index is 12.7. The van der Waals surface area contributed by atoms with E-state index in [0.717, 1.165) is 12.4 Å². The lowest BCUT2D eigenvalue weighted by Gasteiger charge is -2.12. The Bertz CT molecular complexity index is 5050. The average molecular weight is 1460 g/mol. The van der Waals surface area contributed by atoms with Crippen LogP contribution in [-0.2, 0) is 40.8 Å². The number of carbonyl (C=O) groups excluding carboxylic acids is 6. The molecule has 30 nitrogen and oxygen atoms in total. The van der Waals surface area contributed by atoms with Gasteiger partial charge < -0.3 is 54.0 Å². The largest absolute Gasteiger partial charge is 0.508 e. The smallest absolute Gasteiger partial charge is 0.335 e. The number of phenolic OH excluding ortho intramolecular Hbond substituents is 1. The molecule has 0 aliphatic carbocycles. The minimum absolute atomic E-state index is 0.0538. The number of halogens is 1. The van der Waals surface area contributed by atoms with Crippen molar-refractivity contribution in [2.75, 3.05) is 10.6 Å². The number of nitro groups is 2. The highest BCUT2D eigenvalue weighted by Gasteiger charge is 2.18. The molecule has 10 rings (SSSR count). The van der Waals surface area contributed by atoms with E-state index in [-0.39, 0.29) is 112 Å². The van der Waals surface area contributed by atoms with E-state index >= 15 is 0 Å². The second-order valence-electron chi connectivity index (χ2n) is 21.6. The summed E-state index contributed by atoms with van der Waals surface area (Å²) in [5.41, 5.74) is 4.45. The van der Waals surface area contributed by atoms with Gasteiger partial charge in [0.2, 0.25) is 0 Å². The van der Waals surface area contributed by atoms with Gasteiger partial charge in [-0.2, -0.15) is 21.0 Å². The molecule has 4 N–H and O–H groups in total. The van der Waals surface area contributed by atoms with Crippen LogP contribution in [0.3, 0.4) is 0 Å². The molecule has 31 heteroatoms. The van der Waals surface area contributed by atoms with Gasteiger partial charge >= 0.3 is 23.9 Å². The third kappa shape index (κ3) is 25.0. The van der Waals surface area contributed by atoms with Gasteiger partial charge in [-0.3, -0.25) is 49.0 Å². The summed E-state index contributed by atoms with van der Waals surface area (Å²) in [5.74, 6) is -2.63. The van der Waals surface area contributed by atoms with Crippen LogP contribution in [0.1, 0.15) is 107 Å². The minimum Gasteiger partial charge on any atom is -0.508 e. The number of carboxylic acid groups (broad SMARTS) is 1. The van der Waals surface area contributed by atoms with Gasteiger partial charge in [0.05, 0.1) is 61.9 Å². The Kier molecular flexibility index (Phi) is 28.8. The summed E-state index contributed by atoms with van der Waals surface area (Å²) in [6, 6.07) is 57.5. The number of nitrogens with zero attached hydrogens (tertiary/aromatic N) is 8. The van der Waals surface area contributed by atoms with Crippen LogP contribution in [0.2, 0.25) is 0 Å². The molecule has 107 heavy (non-hydrogen) atoms. The molecule has 0 atom stereocenters. The first-order valence-electron chi connectivity index (χ1n) is 30.8. The number of rotatable bonds is 23. The number of aromatic hydroxyl groups is 1. The van der Waals surface area contributed by atoms with Crippen LogP contribution >= 0.6 is 11.6 Å². The normalized spacial score (nSPS) is 9.91. The maximum Gasteiger partial charge on any atom is 0.335 e. The zero-order valence-corrected chi connectivity index (χ0v) is 56.9. The molecule has 0 aliphatic heterocycles. The molecule has 0 saturated carbocycles. The van der Waals surface area contributed by atoms with E-state index in [2.05, 4.69) is 44.9 Å². The van der Waals surface area contributed by atoms with Crippen molar-refractivity contribution in [1.82, 2.24) is 9.97 Å². The zero-order valence-electron chi connectivity index (χ0n) is 56.2. The summed E-state index contributed by atoms with van der Waals surface area (Å²) in [4.78, 5) is 109. The number of carboxylic acids is 1. The Hall–Kier alpha value is -15.4. The fourth-order valence-electron chi connectivity index (χ4n) is 8.98. The van der Waals surface area contributed by atoms with Crippen LogP contribution in [0.15, 0.2) is 207 Å². The summed E-state index contributed by atoms with van der Waals surface area (Å²) in [5, 5.41) is 81.1. The van der Waals surface area contributed by atoms with Crippen LogP contribution in [0.5, 0.6) is 46.0 Å². The first-order chi connectivity index (χ1) is 51.3. The SMILES string of the molecule is CC(=O)Oc1cc(OCc2ccccc2C#N)cc(C(=O)Cl)c1.CC(=O)Oc1cc(OCc2ccccc2C#N)cc(C(=O)Nc2ccc([N+](=O)[O-])cn2)c1.CC(=O)Oc1cc(OCc2ccccc2C#N)cc(C(=O)O)c1.N#Cc1ccccc1COc1cc(O)cc(C(=O)Nc2ccc([N+](=O)[O-])cn2)c1. The summed E-state index contributed by atoms with van der Waals surface area (Å²) in [6.07, 6.45) is 2.05. The molecule has 0 spiro atoms. The Balaban J connectivity index is 0.000000201. The fourth-order valence-corrected chi connectivity index (χ4v) is 9.09. The zero-order chi connectivity index (χ0) is 77.5. The maximum absolute atomic E-state index is 12.7. The summed E-state index contributed by atoms with van der Waals surface area (Å²) >= 11 is 5.47. The highest BCUT2D eigenvalue weighted by atomic mass is 35.5. The van der Waals surface area contributed by atoms with Crippen molar-refractivity contribution < 1.29 is 86.8 Å². The van der Waals surface area contributed by atoms with E-state index in [1.807, 2.05) is 0 Å². The third-order valence-corrected chi connectivity index (χ3v) is 14.1. The number of ether oxygens (including phenoxy) is 7. The second kappa shape index (κ2) is 39.0. The van der Waals surface area contributed by atoms with Crippen LogP contribution in [0.4, 0.5) is 23.0 Å². The van der Waals surface area contributed by atoms with Crippen LogP contribution in [0, 0.1) is 65.6 Å². The van der Waals surface area contributed by atoms with Gasteiger partial charge in [0.25, 0.3) is 28.4 Å². The van der Waals surface area contributed by atoms with E-state index in [9.17, 15) is 64.2 Å². The molecular formula is C76H55ClN10O20. The minimum atomic E-state index is -1.17. The highest BCUT2D eigenvalue weighted by Crippen LogP contribution is 2.30. The number of aromatic carboxylic acids is 1. The molecule has 2 aromatic heterocycles. The average Bonchev–Trinajstić information content (AvgIpc) is 0.853. The number of nitrogens with one attached hydrogen (secondary N) is 2. The predicted octanol–water partition coefficient (Wildman–Crippen LogP) is 13.2. The molecule has 10 aromatic rings. The molecule has 0 radical (unpaired) electrons. The number of benzene rings is 8. The Morgan fingerprint density at radius 3 is 1.01 bits per heavy atom. The quantitative estimate of drug-likeness (QED) is 0.0152. The highest BCUT2D eigenvalue weighted by molar-refractivity contribution is 6.67. The summed E-state index contributed by atoms with van der Waals surface area (Å²) in [7, 11) is 0. The number of nitriles is 4. The predicted molar refractivity (Wildman–Crippen MR) is 378 cm³/mol. The first kappa shape index (κ1) is 78.9. The number of aromatic nitrogens is 2. The monoisotopic (exact) mass is 1460 g/mol. The molecule has 0 fully saturated rings. The first-order valence-corrected chi connectivity index (χ1v) is 31.2. The number of carbonyl (C=O) groups is 7. The van der Waals surface area contributed by atoms with Crippen molar-refractivity contribution in [3.63, 3.8) is 0 Å². The molecule has 0 aliphatic rings. The number of anilines is 2. The van der Waals surface area contributed by atoms with Gasteiger partial charge in [0, 0.05) is 96.1 Å². The Labute approximate surface area is 612 Å².